The van der Waals surface area contributed by atoms with Gasteiger partial charge in [-0.2, -0.15) is 20.7 Å². The van der Waals surface area contributed by atoms with Crippen LogP contribution in [0.25, 0.3) is 0 Å². The second kappa shape index (κ2) is 9.45. The summed E-state index contributed by atoms with van der Waals surface area (Å²) in [5.41, 5.74) is -1.72. The molecule has 2 amide bonds. The standard InChI is InChI=1S/C21H23N5O4/c1-20(2,3)29-18(27)26(19(28)30-21(4,5)6)16-9-7-15(8-10-16)25-17(13-24)14(11-22)12-23/h7-10,25H,1-6H3. The predicted octanol–water partition coefficient (Wildman–Crippen LogP) is 4.60. The van der Waals surface area contributed by atoms with Gasteiger partial charge in [-0.15, -0.1) is 0 Å². The first kappa shape index (κ1) is 24.0. The molecule has 0 saturated carbocycles. The summed E-state index contributed by atoms with van der Waals surface area (Å²) in [7, 11) is 0. The van der Waals surface area contributed by atoms with Gasteiger partial charge in [0.1, 0.15) is 35.1 Å². The maximum absolute atomic E-state index is 12.6. The third-order valence-electron chi connectivity index (χ3n) is 3.13. The highest BCUT2D eigenvalue weighted by molar-refractivity contribution is 6.09. The topological polar surface area (TPSA) is 139 Å². The van der Waals surface area contributed by atoms with Crippen molar-refractivity contribution >= 4 is 23.6 Å². The number of ether oxygens (including phenoxy) is 2. The largest absolute Gasteiger partial charge is 0.443 e. The number of nitrogens with zero attached hydrogens (tertiary/aromatic N) is 4. The average Bonchev–Trinajstić information content (AvgIpc) is 2.60. The Hall–Kier alpha value is -4.03. The van der Waals surface area contributed by atoms with E-state index in [1.54, 1.807) is 59.8 Å². The number of anilines is 2. The quantitative estimate of drug-likeness (QED) is 0.714. The summed E-state index contributed by atoms with van der Waals surface area (Å²) in [6, 6.07) is 10.8. The lowest BCUT2D eigenvalue weighted by atomic mass is 10.2. The van der Waals surface area contributed by atoms with E-state index < -0.39 is 23.4 Å². The van der Waals surface area contributed by atoms with Crippen molar-refractivity contribution in [3.8, 4) is 18.2 Å². The SMILES string of the molecule is CC(C)(C)OC(=O)N(C(=O)OC(C)(C)C)c1ccc(NC(C#N)=C(C#N)C#N)cc1. The highest BCUT2D eigenvalue weighted by Gasteiger charge is 2.32. The van der Waals surface area contributed by atoms with Crippen LogP contribution in [0.1, 0.15) is 41.5 Å². The number of nitriles is 3. The molecule has 0 unspecified atom stereocenters. The van der Waals surface area contributed by atoms with E-state index in [9.17, 15) is 9.59 Å². The first-order valence-electron chi connectivity index (χ1n) is 8.89. The van der Waals surface area contributed by atoms with Gasteiger partial charge in [-0.05, 0) is 65.8 Å². The minimum Gasteiger partial charge on any atom is -0.443 e. The molecule has 30 heavy (non-hydrogen) atoms. The van der Waals surface area contributed by atoms with Gasteiger partial charge in [0.05, 0.1) is 5.69 Å². The molecule has 156 valence electrons. The van der Waals surface area contributed by atoms with Crippen molar-refractivity contribution in [3.05, 3.63) is 35.5 Å². The van der Waals surface area contributed by atoms with E-state index >= 15 is 0 Å². The molecule has 1 rings (SSSR count). The van der Waals surface area contributed by atoms with E-state index in [0.29, 0.717) is 5.69 Å². The monoisotopic (exact) mass is 409 g/mol. The maximum atomic E-state index is 12.6. The summed E-state index contributed by atoms with van der Waals surface area (Å²) in [6.07, 6.45) is -1.82. The molecule has 0 spiro atoms. The van der Waals surface area contributed by atoms with Gasteiger partial charge < -0.3 is 14.8 Å². The van der Waals surface area contributed by atoms with E-state index in [1.165, 1.54) is 24.3 Å². The summed E-state index contributed by atoms with van der Waals surface area (Å²) < 4.78 is 10.6. The van der Waals surface area contributed by atoms with E-state index in [-0.39, 0.29) is 17.0 Å². The van der Waals surface area contributed by atoms with Gasteiger partial charge in [-0.3, -0.25) is 0 Å². The number of nitrogens with one attached hydrogen (secondary N) is 1. The summed E-state index contributed by atoms with van der Waals surface area (Å²) in [5.74, 6) is 0. The Labute approximate surface area is 175 Å². The lowest BCUT2D eigenvalue weighted by Crippen LogP contribution is -2.43. The second-order valence-electron chi connectivity index (χ2n) is 8.05. The zero-order valence-corrected chi connectivity index (χ0v) is 17.7. The van der Waals surface area contributed by atoms with Gasteiger partial charge in [-0.25, -0.2) is 9.59 Å². The van der Waals surface area contributed by atoms with E-state index in [2.05, 4.69) is 5.32 Å². The van der Waals surface area contributed by atoms with Crippen LogP contribution < -0.4 is 10.2 Å². The fourth-order valence-electron chi connectivity index (χ4n) is 2.02. The zero-order chi connectivity index (χ0) is 23.1. The van der Waals surface area contributed by atoms with E-state index in [0.717, 1.165) is 4.90 Å². The molecule has 1 aromatic rings. The Morgan fingerprint density at radius 1 is 0.833 bits per heavy atom. The van der Waals surface area contributed by atoms with Gasteiger partial charge in [0.15, 0.2) is 5.57 Å². The minimum atomic E-state index is -0.911. The molecular formula is C21H23N5O4. The highest BCUT2D eigenvalue weighted by Crippen LogP contribution is 2.24. The molecule has 1 N–H and O–H groups in total. The van der Waals surface area contributed by atoms with Crippen molar-refractivity contribution < 1.29 is 19.1 Å². The first-order valence-corrected chi connectivity index (χ1v) is 8.89. The molecule has 0 fully saturated rings. The number of allylic oxidation sites excluding steroid dienone is 2. The van der Waals surface area contributed by atoms with Crippen LogP contribution in [0.5, 0.6) is 0 Å². The Morgan fingerprint density at radius 2 is 1.27 bits per heavy atom. The predicted molar refractivity (Wildman–Crippen MR) is 109 cm³/mol. The van der Waals surface area contributed by atoms with Crippen molar-refractivity contribution in [2.75, 3.05) is 10.2 Å². The number of carbonyl (C=O) groups is 2. The molecule has 0 aromatic heterocycles. The fraction of sp³-hybridized carbons (Fsp3) is 0.381. The van der Waals surface area contributed by atoms with Gasteiger partial charge in [-0.1, -0.05) is 0 Å². The lowest BCUT2D eigenvalue weighted by Gasteiger charge is -2.28. The Morgan fingerprint density at radius 3 is 1.60 bits per heavy atom. The average molecular weight is 409 g/mol. The lowest BCUT2D eigenvalue weighted by molar-refractivity contribution is 0.0430. The van der Waals surface area contributed by atoms with Crippen LogP contribution in [0, 0.1) is 34.0 Å². The molecule has 0 heterocycles. The third-order valence-corrected chi connectivity index (χ3v) is 3.13. The summed E-state index contributed by atoms with van der Waals surface area (Å²) in [4.78, 5) is 26.0. The number of hydrogen-bond donors (Lipinski definition) is 1. The first-order chi connectivity index (χ1) is 13.8. The summed E-state index contributed by atoms with van der Waals surface area (Å²) >= 11 is 0. The number of carbonyl (C=O) groups excluding carboxylic acids is 2. The molecule has 0 bridgehead atoms. The van der Waals surface area contributed by atoms with E-state index in [1.807, 2.05) is 0 Å². The van der Waals surface area contributed by atoms with Gasteiger partial charge >= 0.3 is 12.2 Å². The number of hydrogen-bond acceptors (Lipinski definition) is 8. The van der Waals surface area contributed by atoms with Crippen LogP contribution in [-0.4, -0.2) is 23.4 Å². The van der Waals surface area contributed by atoms with Crippen LogP contribution in [0.4, 0.5) is 21.0 Å². The van der Waals surface area contributed by atoms with Gasteiger partial charge in [0.2, 0.25) is 0 Å². The van der Waals surface area contributed by atoms with Crippen molar-refractivity contribution in [3.63, 3.8) is 0 Å². The normalized spacial score (nSPS) is 10.5. The number of rotatable bonds is 3. The Bertz CT molecular complexity index is 918. The molecule has 0 aliphatic rings. The smallest absolute Gasteiger partial charge is 0.424 e. The molecule has 9 heteroatoms. The number of benzene rings is 1. The Balaban J connectivity index is 3.27. The zero-order valence-electron chi connectivity index (χ0n) is 17.7. The summed E-state index contributed by atoms with van der Waals surface area (Å²) in [5, 5.41) is 29.6. The molecule has 0 aliphatic heterocycles. The minimum absolute atomic E-state index is 0.173. The third kappa shape index (κ3) is 7.18. The van der Waals surface area contributed by atoms with Crippen LogP contribution >= 0.6 is 0 Å². The molecule has 0 atom stereocenters. The second-order valence-corrected chi connectivity index (χ2v) is 8.05. The highest BCUT2D eigenvalue weighted by atomic mass is 16.6. The van der Waals surface area contributed by atoms with Crippen LogP contribution in [-0.2, 0) is 9.47 Å². The molecule has 0 radical (unpaired) electrons. The van der Waals surface area contributed by atoms with Crippen LogP contribution in [0.3, 0.4) is 0 Å². The van der Waals surface area contributed by atoms with Crippen LogP contribution in [0.15, 0.2) is 35.5 Å². The fourth-order valence-corrected chi connectivity index (χ4v) is 2.02. The molecule has 0 aliphatic carbocycles. The maximum Gasteiger partial charge on any atom is 0.424 e. The number of imide groups is 1. The molecular weight excluding hydrogens is 386 g/mol. The van der Waals surface area contributed by atoms with Crippen molar-refractivity contribution in [1.29, 1.82) is 15.8 Å². The van der Waals surface area contributed by atoms with E-state index in [4.69, 9.17) is 25.3 Å². The van der Waals surface area contributed by atoms with Crippen molar-refractivity contribution in [2.45, 2.75) is 52.7 Å². The van der Waals surface area contributed by atoms with Crippen LogP contribution in [0.2, 0.25) is 0 Å². The van der Waals surface area contributed by atoms with Crippen molar-refractivity contribution in [2.24, 2.45) is 0 Å². The molecule has 0 saturated heterocycles. The molecule has 9 nitrogen and oxygen atoms in total. The van der Waals surface area contributed by atoms with Crippen molar-refractivity contribution in [1.82, 2.24) is 0 Å². The summed E-state index contributed by atoms with van der Waals surface area (Å²) in [6.45, 7) is 10.0. The van der Waals surface area contributed by atoms with Gasteiger partial charge in [0.25, 0.3) is 0 Å². The van der Waals surface area contributed by atoms with Gasteiger partial charge in [0, 0.05) is 5.69 Å². The molecule has 1 aromatic carbocycles. The number of amides is 2. The Kier molecular flexibility index (Phi) is 7.56.